The number of aliphatic hydroxyl groups excluding tert-OH is 1. The summed E-state index contributed by atoms with van der Waals surface area (Å²) in [6, 6.07) is 0. The van der Waals surface area contributed by atoms with Gasteiger partial charge in [-0.2, -0.15) is 0 Å². The minimum absolute atomic E-state index is 0.00589. The summed E-state index contributed by atoms with van der Waals surface area (Å²) in [5.74, 6) is 3.85. The second-order valence-electron chi connectivity index (χ2n) is 21.7. The molecule has 4 aliphatic carbocycles. The molecule has 3 saturated carbocycles. The molecule has 11 atom stereocenters. The van der Waals surface area contributed by atoms with E-state index in [0.29, 0.717) is 34.7 Å². The number of hydrogen-bond acceptors (Lipinski definition) is 7. The average molecular weight is 836 g/mol. The molecule has 58 heavy (non-hydrogen) atoms. The third kappa shape index (κ3) is 14.1. The van der Waals surface area contributed by atoms with Crippen molar-refractivity contribution < 1.29 is 37.6 Å². The third-order valence-electron chi connectivity index (χ3n) is 15.9. The lowest BCUT2D eigenvalue weighted by atomic mass is 9.46. The molecular weight excluding hydrogens is 746 g/mol. The minimum Gasteiger partial charge on any atom is -0.756 e. The summed E-state index contributed by atoms with van der Waals surface area (Å²) in [5.41, 5.74) is 1.90. The Morgan fingerprint density at radius 3 is 2.17 bits per heavy atom. The van der Waals surface area contributed by atoms with Crippen molar-refractivity contribution in [3.8, 4) is 0 Å². The van der Waals surface area contributed by atoms with Crippen LogP contribution in [0.25, 0.3) is 0 Å². The van der Waals surface area contributed by atoms with E-state index in [2.05, 4.69) is 47.6 Å². The molecule has 9 heteroatoms. The molecule has 4 aliphatic rings. The smallest absolute Gasteiger partial charge is 0.306 e. The van der Waals surface area contributed by atoms with Crippen LogP contribution in [0, 0.1) is 52.3 Å². The average Bonchev–Trinajstić information content (AvgIpc) is 3.51. The summed E-state index contributed by atoms with van der Waals surface area (Å²) in [4.78, 5) is 26.7. The van der Waals surface area contributed by atoms with Crippen LogP contribution in [0.3, 0.4) is 0 Å². The van der Waals surface area contributed by atoms with Crippen molar-refractivity contribution >= 4 is 13.8 Å². The number of carbonyl (C=O) groups is 1. The largest absolute Gasteiger partial charge is 0.756 e. The van der Waals surface area contributed by atoms with Crippen LogP contribution in [0.1, 0.15) is 189 Å². The highest BCUT2D eigenvalue weighted by Crippen LogP contribution is 2.68. The van der Waals surface area contributed by atoms with Gasteiger partial charge in [-0.15, -0.1) is 0 Å². The zero-order chi connectivity index (χ0) is 42.6. The van der Waals surface area contributed by atoms with Crippen molar-refractivity contribution in [2.24, 2.45) is 52.3 Å². The molecule has 0 radical (unpaired) electrons. The number of phosphoric ester groups is 1. The van der Waals surface area contributed by atoms with Crippen molar-refractivity contribution in [1.82, 2.24) is 0 Å². The SMILES string of the molecule is CCCCCCCCCCCCCC(=O)OC(CO)C(OP(=O)([O-])OCC[N+](C)(C)C)C1CC[C@@]2(C)C(=CCC3C2CC[C@@]2(C)C3CC[C@@H]2[C@H](C)CCCC(C)C)C1. The van der Waals surface area contributed by atoms with Crippen LogP contribution in [-0.4, -0.2) is 68.7 Å². The van der Waals surface area contributed by atoms with Gasteiger partial charge >= 0.3 is 5.97 Å². The Morgan fingerprint density at radius 2 is 1.55 bits per heavy atom. The third-order valence-corrected chi connectivity index (χ3v) is 16.9. The molecular formula is C49H90NO7P. The number of phosphoric acid groups is 1. The highest BCUT2D eigenvalue weighted by Gasteiger charge is 2.59. The normalized spacial score (nSPS) is 31.1. The molecule has 0 amide bonds. The molecule has 0 heterocycles. The number of nitrogens with zero attached hydrogens (tertiary/aromatic N) is 1. The van der Waals surface area contributed by atoms with E-state index < -0.39 is 32.6 Å². The number of esters is 1. The van der Waals surface area contributed by atoms with Crippen LogP contribution in [0.15, 0.2) is 11.6 Å². The fourth-order valence-corrected chi connectivity index (χ4v) is 13.4. The van der Waals surface area contributed by atoms with Gasteiger partial charge in [0.05, 0.1) is 27.7 Å². The molecule has 4 rings (SSSR count). The van der Waals surface area contributed by atoms with Gasteiger partial charge in [-0.25, -0.2) is 0 Å². The molecule has 338 valence electrons. The zero-order valence-corrected chi connectivity index (χ0v) is 39.8. The van der Waals surface area contributed by atoms with Crippen LogP contribution < -0.4 is 4.89 Å². The molecule has 0 aromatic rings. The highest BCUT2D eigenvalue weighted by atomic mass is 31.2. The van der Waals surface area contributed by atoms with Gasteiger partial charge in [0.25, 0.3) is 7.82 Å². The van der Waals surface area contributed by atoms with Crippen molar-refractivity contribution in [3.63, 3.8) is 0 Å². The van der Waals surface area contributed by atoms with E-state index in [-0.39, 0.29) is 24.4 Å². The number of ether oxygens (including phenoxy) is 1. The van der Waals surface area contributed by atoms with E-state index in [1.165, 1.54) is 102 Å². The van der Waals surface area contributed by atoms with E-state index in [9.17, 15) is 19.4 Å². The maximum atomic E-state index is 13.4. The topological polar surface area (TPSA) is 105 Å². The van der Waals surface area contributed by atoms with Crippen molar-refractivity contribution in [2.45, 2.75) is 201 Å². The van der Waals surface area contributed by atoms with Gasteiger partial charge in [-0.05, 0) is 110 Å². The van der Waals surface area contributed by atoms with Crippen molar-refractivity contribution in [2.75, 3.05) is 40.9 Å². The first kappa shape index (κ1) is 49.9. The van der Waals surface area contributed by atoms with Gasteiger partial charge in [0.15, 0.2) is 6.10 Å². The van der Waals surface area contributed by atoms with Crippen LogP contribution in [0.4, 0.5) is 0 Å². The molecule has 0 saturated heterocycles. The first-order chi connectivity index (χ1) is 27.4. The maximum absolute atomic E-state index is 13.4. The molecule has 0 aliphatic heterocycles. The summed E-state index contributed by atoms with van der Waals surface area (Å²) in [6.07, 6.45) is 26.5. The molecule has 1 N–H and O–H groups in total. The first-order valence-corrected chi connectivity index (χ1v) is 25.8. The van der Waals surface area contributed by atoms with Gasteiger partial charge in [-0.3, -0.25) is 9.36 Å². The van der Waals surface area contributed by atoms with Crippen LogP contribution in [0.2, 0.25) is 0 Å². The highest BCUT2D eigenvalue weighted by molar-refractivity contribution is 7.45. The number of rotatable bonds is 27. The first-order valence-electron chi connectivity index (χ1n) is 24.4. The molecule has 0 aromatic carbocycles. The predicted octanol–water partition coefficient (Wildman–Crippen LogP) is 11.8. The number of quaternary nitrogens is 1. The summed E-state index contributed by atoms with van der Waals surface area (Å²) in [7, 11) is 1.18. The van der Waals surface area contributed by atoms with E-state index in [4.69, 9.17) is 13.8 Å². The Kier molecular flexibility index (Phi) is 19.8. The zero-order valence-electron chi connectivity index (χ0n) is 38.9. The molecule has 0 spiro atoms. The monoisotopic (exact) mass is 836 g/mol. The fraction of sp³-hybridized carbons (Fsp3) is 0.939. The summed E-state index contributed by atoms with van der Waals surface area (Å²) in [6.45, 7) is 14.6. The predicted molar refractivity (Wildman–Crippen MR) is 236 cm³/mol. The molecule has 7 unspecified atom stereocenters. The lowest BCUT2D eigenvalue weighted by Gasteiger charge is -2.59. The Hall–Kier alpha value is -0.760. The van der Waals surface area contributed by atoms with Gasteiger partial charge in [0.1, 0.15) is 19.3 Å². The standard InChI is InChI=1S/C49H90NO7P/c1-10-11-12-13-14-15-16-17-18-19-20-24-46(52)56-45(36-51)47(57-58(53,54)55-34-33-50(7,8)9)39-29-31-48(5)40(35-39)25-26-41-43-28-27-42(38(4)23-21-22-37(2)3)49(43,6)32-30-44(41)48/h25,37-39,41-45,47,51H,10-24,26-36H2,1-9H3/t38-,39?,41?,42-,43?,44?,45?,47?,48+,49-/m1/s1. The lowest BCUT2D eigenvalue weighted by Crippen LogP contribution is -2.52. The molecule has 0 bridgehead atoms. The number of unbranched alkanes of at least 4 members (excludes halogenated alkanes) is 10. The number of aliphatic hydroxyl groups is 1. The Labute approximate surface area is 356 Å². The van der Waals surface area contributed by atoms with Gasteiger partial charge in [-0.1, -0.05) is 137 Å². The van der Waals surface area contributed by atoms with Crippen molar-refractivity contribution in [1.29, 1.82) is 0 Å². The Bertz CT molecular complexity index is 1310. The van der Waals surface area contributed by atoms with Gasteiger partial charge in [0.2, 0.25) is 0 Å². The molecule has 3 fully saturated rings. The minimum atomic E-state index is -4.77. The Morgan fingerprint density at radius 1 is 0.897 bits per heavy atom. The van der Waals surface area contributed by atoms with Gasteiger partial charge in [0, 0.05) is 6.42 Å². The van der Waals surface area contributed by atoms with Gasteiger partial charge < -0.3 is 28.3 Å². The van der Waals surface area contributed by atoms with E-state index in [1.807, 2.05) is 21.1 Å². The fourth-order valence-electron chi connectivity index (χ4n) is 12.4. The van der Waals surface area contributed by atoms with E-state index >= 15 is 0 Å². The van der Waals surface area contributed by atoms with Crippen molar-refractivity contribution in [3.05, 3.63) is 11.6 Å². The number of fused-ring (bicyclic) bond motifs is 5. The second-order valence-corrected chi connectivity index (χ2v) is 23.0. The van der Waals surface area contributed by atoms with Crippen LogP contribution in [0.5, 0.6) is 0 Å². The molecule has 0 aromatic heterocycles. The maximum Gasteiger partial charge on any atom is 0.306 e. The lowest BCUT2D eigenvalue weighted by molar-refractivity contribution is -0.870. The number of likely N-dealkylation sites (N-methyl/N-ethyl adjacent to an activating group) is 1. The second kappa shape index (κ2) is 23.1. The Balaban J connectivity index is 1.40. The number of hydrogen-bond donors (Lipinski definition) is 1. The summed E-state index contributed by atoms with van der Waals surface area (Å²) in [5, 5.41) is 10.7. The quantitative estimate of drug-likeness (QED) is 0.0289. The number of allylic oxidation sites excluding steroid dienone is 2. The summed E-state index contributed by atoms with van der Waals surface area (Å²) >= 11 is 0. The summed E-state index contributed by atoms with van der Waals surface area (Å²) < 4.78 is 31.2. The number of carbonyl (C=O) groups excluding carboxylic acids is 1. The van der Waals surface area contributed by atoms with E-state index in [0.717, 1.165) is 62.2 Å². The van der Waals surface area contributed by atoms with Crippen LogP contribution >= 0.6 is 7.82 Å². The molecule has 8 nitrogen and oxygen atoms in total. The van der Waals surface area contributed by atoms with E-state index in [1.54, 1.807) is 0 Å². The van der Waals surface area contributed by atoms with Crippen LogP contribution in [-0.2, 0) is 23.1 Å².